The molecule has 0 aromatic heterocycles. The van der Waals surface area contributed by atoms with Crippen LogP contribution in [0.1, 0.15) is 37.6 Å². The highest BCUT2D eigenvalue weighted by Crippen LogP contribution is 2.18. The van der Waals surface area contributed by atoms with Crippen LogP contribution in [-0.2, 0) is 4.74 Å². The summed E-state index contributed by atoms with van der Waals surface area (Å²) in [6.45, 7) is 5.60. The van der Waals surface area contributed by atoms with Gasteiger partial charge in [0.15, 0.2) is 5.78 Å². The van der Waals surface area contributed by atoms with Gasteiger partial charge in [0.05, 0.1) is 5.69 Å². The van der Waals surface area contributed by atoms with Crippen molar-refractivity contribution in [2.75, 3.05) is 11.9 Å². The van der Waals surface area contributed by atoms with E-state index in [-0.39, 0.29) is 18.7 Å². The van der Waals surface area contributed by atoms with Crippen LogP contribution >= 0.6 is 0 Å². The first-order chi connectivity index (χ1) is 8.83. The number of nitrogens with one attached hydrogen (secondary N) is 1. The van der Waals surface area contributed by atoms with Gasteiger partial charge in [-0.15, -0.1) is 0 Å². The predicted molar refractivity (Wildman–Crippen MR) is 74.3 cm³/mol. The SMILES string of the molecule is CC(C)(C)OC(=O)Nc1ccccc1C(=O)CCN. The zero-order valence-corrected chi connectivity index (χ0v) is 11.5. The molecule has 3 N–H and O–H groups in total. The molecule has 1 aromatic rings. The minimum atomic E-state index is -0.583. The highest BCUT2D eigenvalue weighted by atomic mass is 16.6. The third kappa shape index (κ3) is 5.09. The fourth-order valence-electron chi connectivity index (χ4n) is 1.51. The van der Waals surface area contributed by atoms with Crippen molar-refractivity contribution in [1.82, 2.24) is 0 Å². The highest BCUT2D eigenvalue weighted by Gasteiger charge is 2.18. The third-order valence-electron chi connectivity index (χ3n) is 2.23. The quantitative estimate of drug-likeness (QED) is 0.819. The van der Waals surface area contributed by atoms with Crippen molar-refractivity contribution in [3.05, 3.63) is 29.8 Å². The molecule has 19 heavy (non-hydrogen) atoms. The molecule has 5 heteroatoms. The lowest BCUT2D eigenvalue weighted by molar-refractivity contribution is 0.0636. The largest absolute Gasteiger partial charge is 0.444 e. The van der Waals surface area contributed by atoms with Crippen LogP contribution in [0.4, 0.5) is 10.5 Å². The van der Waals surface area contributed by atoms with Crippen LogP contribution in [0.2, 0.25) is 0 Å². The normalized spacial score (nSPS) is 10.9. The average Bonchev–Trinajstić information content (AvgIpc) is 2.27. The summed E-state index contributed by atoms with van der Waals surface area (Å²) in [6.07, 6.45) is -0.340. The Hall–Kier alpha value is -1.88. The summed E-state index contributed by atoms with van der Waals surface area (Å²) < 4.78 is 5.15. The van der Waals surface area contributed by atoms with Gasteiger partial charge in [-0.3, -0.25) is 10.1 Å². The molecule has 1 amide bonds. The number of nitrogens with two attached hydrogens (primary N) is 1. The van der Waals surface area contributed by atoms with Crippen LogP contribution < -0.4 is 11.1 Å². The lowest BCUT2D eigenvalue weighted by Gasteiger charge is -2.20. The summed E-state index contributed by atoms with van der Waals surface area (Å²) >= 11 is 0. The zero-order chi connectivity index (χ0) is 14.5. The lowest BCUT2D eigenvalue weighted by atomic mass is 10.1. The number of Topliss-reactive ketones (excluding diaryl/α,β-unsaturated/α-hetero) is 1. The van der Waals surface area contributed by atoms with Crippen LogP contribution in [0, 0.1) is 0 Å². The van der Waals surface area contributed by atoms with Crippen LogP contribution in [0.15, 0.2) is 24.3 Å². The Bertz CT molecular complexity index is 464. The van der Waals surface area contributed by atoms with Crippen molar-refractivity contribution in [1.29, 1.82) is 0 Å². The van der Waals surface area contributed by atoms with E-state index in [1.807, 2.05) is 0 Å². The van der Waals surface area contributed by atoms with Gasteiger partial charge < -0.3 is 10.5 Å². The number of benzene rings is 1. The maximum Gasteiger partial charge on any atom is 0.412 e. The fraction of sp³-hybridized carbons (Fsp3) is 0.429. The number of carbonyl (C=O) groups is 2. The van der Waals surface area contributed by atoms with E-state index in [0.29, 0.717) is 11.3 Å². The topological polar surface area (TPSA) is 81.4 Å². The third-order valence-corrected chi connectivity index (χ3v) is 2.23. The Morgan fingerprint density at radius 2 is 1.89 bits per heavy atom. The highest BCUT2D eigenvalue weighted by molar-refractivity contribution is 6.03. The van der Waals surface area contributed by atoms with Gasteiger partial charge in [-0.25, -0.2) is 4.79 Å². The number of rotatable bonds is 4. The van der Waals surface area contributed by atoms with Crippen LogP contribution in [0.25, 0.3) is 0 Å². The second-order valence-electron chi connectivity index (χ2n) is 5.13. The molecule has 0 atom stereocenters. The van der Waals surface area contributed by atoms with E-state index in [0.717, 1.165) is 0 Å². The number of hydrogen-bond donors (Lipinski definition) is 2. The van der Waals surface area contributed by atoms with E-state index in [1.54, 1.807) is 45.0 Å². The molecule has 0 fully saturated rings. The minimum Gasteiger partial charge on any atom is -0.444 e. The second kappa shape index (κ2) is 6.33. The minimum absolute atomic E-state index is 0.103. The summed E-state index contributed by atoms with van der Waals surface area (Å²) in [5.41, 5.74) is 5.67. The smallest absolute Gasteiger partial charge is 0.412 e. The van der Waals surface area contributed by atoms with E-state index in [4.69, 9.17) is 10.5 Å². The standard InChI is InChI=1S/C14H20N2O3/c1-14(2,3)19-13(18)16-11-7-5-4-6-10(11)12(17)8-9-15/h4-7H,8-9,15H2,1-3H3,(H,16,18). The molecule has 0 unspecified atom stereocenters. The van der Waals surface area contributed by atoms with Gasteiger partial charge in [0.2, 0.25) is 0 Å². The van der Waals surface area contributed by atoms with Crippen molar-refractivity contribution in [2.45, 2.75) is 32.8 Å². The van der Waals surface area contributed by atoms with E-state index < -0.39 is 11.7 Å². The number of hydrogen-bond acceptors (Lipinski definition) is 4. The Labute approximate surface area is 113 Å². The summed E-state index contributed by atoms with van der Waals surface area (Å²) in [5, 5.41) is 2.58. The van der Waals surface area contributed by atoms with Gasteiger partial charge in [-0.05, 0) is 39.4 Å². The number of anilines is 1. The molecule has 0 aliphatic heterocycles. The van der Waals surface area contributed by atoms with Crippen molar-refractivity contribution in [3.63, 3.8) is 0 Å². The van der Waals surface area contributed by atoms with Gasteiger partial charge in [0.25, 0.3) is 0 Å². The Balaban J connectivity index is 2.84. The molecule has 0 aliphatic carbocycles. The Kier molecular flexibility index (Phi) is 5.06. The maximum absolute atomic E-state index is 11.9. The van der Waals surface area contributed by atoms with Crippen LogP contribution in [0.3, 0.4) is 0 Å². The molecular formula is C14H20N2O3. The van der Waals surface area contributed by atoms with E-state index in [9.17, 15) is 9.59 Å². The summed E-state index contributed by atoms with van der Waals surface area (Å²) in [6, 6.07) is 6.80. The van der Waals surface area contributed by atoms with Crippen molar-refractivity contribution >= 4 is 17.6 Å². The van der Waals surface area contributed by atoms with Gasteiger partial charge in [0.1, 0.15) is 5.60 Å². The first kappa shape index (κ1) is 15.2. The summed E-state index contributed by atoms with van der Waals surface area (Å²) in [4.78, 5) is 23.6. The molecule has 0 saturated carbocycles. The van der Waals surface area contributed by atoms with Gasteiger partial charge in [-0.2, -0.15) is 0 Å². The monoisotopic (exact) mass is 264 g/mol. The van der Waals surface area contributed by atoms with Crippen molar-refractivity contribution in [3.8, 4) is 0 Å². The molecule has 0 heterocycles. The van der Waals surface area contributed by atoms with E-state index >= 15 is 0 Å². The van der Waals surface area contributed by atoms with Gasteiger partial charge in [-0.1, -0.05) is 12.1 Å². The molecule has 104 valence electrons. The molecule has 0 spiro atoms. The first-order valence-corrected chi connectivity index (χ1v) is 6.16. The van der Waals surface area contributed by atoms with Crippen molar-refractivity contribution < 1.29 is 14.3 Å². The van der Waals surface area contributed by atoms with Gasteiger partial charge in [0, 0.05) is 12.0 Å². The number of amides is 1. The predicted octanol–water partition coefficient (Wildman–Crippen LogP) is 2.57. The number of ketones is 1. The summed E-state index contributed by atoms with van der Waals surface area (Å²) in [5.74, 6) is -0.103. The van der Waals surface area contributed by atoms with E-state index in [2.05, 4.69) is 5.32 Å². The fourth-order valence-corrected chi connectivity index (χ4v) is 1.51. The van der Waals surface area contributed by atoms with E-state index in [1.165, 1.54) is 0 Å². The number of carbonyl (C=O) groups excluding carboxylic acids is 2. The second-order valence-corrected chi connectivity index (χ2v) is 5.13. The Morgan fingerprint density at radius 1 is 1.26 bits per heavy atom. The molecule has 5 nitrogen and oxygen atoms in total. The molecule has 0 aliphatic rings. The maximum atomic E-state index is 11.9. The Morgan fingerprint density at radius 3 is 2.47 bits per heavy atom. The number of ether oxygens (including phenoxy) is 1. The van der Waals surface area contributed by atoms with Crippen LogP contribution in [0.5, 0.6) is 0 Å². The molecular weight excluding hydrogens is 244 g/mol. The number of para-hydroxylation sites is 1. The molecule has 1 aromatic carbocycles. The molecule has 0 saturated heterocycles. The lowest BCUT2D eigenvalue weighted by Crippen LogP contribution is -2.27. The zero-order valence-electron chi connectivity index (χ0n) is 11.5. The molecule has 1 rings (SSSR count). The molecule has 0 bridgehead atoms. The van der Waals surface area contributed by atoms with Gasteiger partial charge >= 0.3 is 6.09 Å². The van der Waals surface area contributed by atoms with Crippen molar-refractivity contribution in [2.24, 2.45) is 5.73 Å². The average molecular weight is 264 g/mol. The summed E-state index contributed by atoms with van der Waals surface area (Å²) in [7, 11) is 0. The first-order valence-electron chi connectivity index (χ1n) is 6.16. The molecule has 0 radical (unpaired) electrons. The van der Waals surface area contributed by atoms with Crippen LogP contribution in [-0.4, -0.2) is 24.0 Å².